The van der Waals surface area contributed by atoms with Crippen LogP contribution < -0.4 is 10.1 Å². The Hall–Kier alpha value is -2.41. The van der Waals surface area contributed by atoms with Gasteiger partial charge in [0.15, 0.2) is 0 Å². The third kappa shape index (κ3) is 5.04. The zero-order valence-electron chi connectivity index (χ0n) is 20.5. The van der Waals surface area contributed by atoms with Gasteiger partial charge in [-0.2, -0.15) is 0 Å². The topological polar surface area (TPSA) is 71.5 Å². The normalized spacial score (nSPS) is 18.9. The number of benzene rings is 2. The SMILES string of the molecule is CC(C)(O)C(=O)NC1CC2(CCCCC2)Oc2nc(-c3ccccc3Br)c(-c3ccc(Cl)cc3)cc21. The maximum absolute atomic E-state index is 12.9. The summed E-state index contributed by atoms with van der Waals surface area (Å²) in [6.45, 7) is 3.01. The van der Waals surface area contributed by atoms with Gasteiger partial charge in [-0.15, -0.1) is 0 Å². The minimum absolute atomic E-state index is 0.322. The molecule has 7 heteroatoms. The molecule has 0 bridgehead atoms. The Morgan fingerprint density at radius 2 is 1.81 bits per heavy atom. The second-order valence-electron chi connectivity index (χ2n) is 10.4. The maximum atomic E-state index is 12.9. The van der Waals surface area contributed by atoms with E-state index in [-0.39, 0.29) is 11.6 Å². The Bertz CT molecular complexity index is 1280. The number of rotatable bonds is 4. The molecule has 2 heterocycles. The van der Waals surface area contributed by atoms with Gasteiger partial charge in [-0.05, 0) is 69.4 Å². The van der Waals surface area contributed by atoms with E-state index in [1.807, 2.05) is 48.5 Å². The molecule has 1 fully saturated rings. The number of pyridine rings is 1. The number of carbonyl (C=O) groups is 1. The zero-order chi connectivity index (χ0) is 25.5. The average molecular weight is 570 g/mol. The van der Waals surface area contributed by atoms with Crippen LogP contribution in [0.1, 0.15) is 64.0 Å². The number of carbonyl (C=O) groups excluding carboxylic acids is 1. The van der Waals surface area contributed by atoms with Crippen molar-refractivity contribution in [2.45, 2.75) is 69.6 Å². The third-order valence-electron chi connectivity index (χ3n) is 7.19. The van der Waals surface area contributed by atoms with Crippen molar-refractivity contribution in [1.29, 1.82) is 0 Å². The van der Waals surface area contributed by atoms with Gasteiger partial charge >= 0.3 is 0 Å². The molecule has 3 aromatic rings. The summed E-state index contributed by atoms with van der Waals surface area (Å²) in [7, 11) is 0. The van der Waals surface area contributed by atoms with Crippen molar-refractivity contribution in [2.24, 2.45) is 0 Å². The number of amides is 1. The maximum Gasteiger partial charge on any atom is 0.251 e. The molecule has 188 valence electrons. The van der Waals surface area contributed by atoms with Crippen LogP contribution >= 0.6 is 27.5 Å². The third-order valence-corrected chi connectivity index (χ3v) is 8.13. The molecule has 0 saturated heterocycles. The molecule has 1 saturated carbocycles. The Kier molecular flexibility index (Phi) is 6.88. The lowest BCUT2D eigenvalue weighted by molar-refractivity contribution is -0.138. The summed E-state index contributed by atoms with van der Waals surface area (Å²) in [5, 5.41) is 14.1. The van der Waals surface area contributed by atoms with Gasteiger partial charge in [0.25, 0.3) is 5.91 Å². The molecule has 2 aliphatic rings. The number of halogens is 2. The molecule has 1 aliphatic heterocycles. The fraction of sp³-hybridized carbons (Fsp3) is 0.379. The zero-order valence-corrected chi connectivity index (χ0v) is 22.8. The van der Waals surface area contributed by atoms with Crippen molar-refractivity contribution < 1.29 is 14.6 Å². The van der Waals surface area contributed by atoms with Crippen LogP contribution in [0.4, 0.5) is 0 Å². The van der Waals surface area contributed by atoms with Crippen molar-refractivity contribution in [3.05, 3.63) is 69.7 Å². The number of nitrogens with zero attached hydrogens (tertiary/aromatic N) is 1. The van der Waals surface area contributed by atoms with Gasteiger partial charge in [-0.3, -0.25) is 4.79 Å². The molecule has 0 radical (unpaired) electrons. The van der Waals surface area contributed by atoms with Crippen LogP contribution in [0, 0.1) is 0 Å². The summed E-state index contributed by atoms with van der Waals surface area (Å²) in [6.07, 6.45) is 5.85. The predicted octanol–water partition coefficient (Wildman–Crippen LogP) is 7.25. The van der Waals surface area contributed by atoms with Crippen LogP contribution in [0.25, 0.3) is 22.4 Å². The number of hydrogen-bond acceptors (Lipinski definition) is 4. The molecular weight excluding hydrogens is 540 g/mol. The largest absolute Gasteiger partial charge is 0.471 e. The molecule has 2 aromatic carbocycles. The molecular formula is C29H30BrClN2O3. The molecule has 1 amide bonds. The lowest BCUT2D eigenvalue weighted by atomic mass is 9.77. The second kappa shape index (κ2) is 9.81. The first-order chi connectivity index (χ1) is 17.2. The summed E-state index contributed by atoms with van der Waals surface area (Å²) in [6, 6.07) is 17.4. The number of aliphatic hydroxyl groups is 1. The molecule has 5 rings (SSSR count). The fourth-order valence-corrected chi connectivity index (χ4v) is 5.84. The van der Waals surface area contributed by atoms with Crippen molar-refractivity contribution in [2.75, 3.05) is 0 Å². The highest BCUT2D eigenvalue weighted by atomic mass is 79.9. The second-order valence-corrected chi connectivity index (χ2v) is 11.7. The number of nitrogens with one attached hydrogen (secondary N) is 1. The van der Waals surface area contributed by atoms with E-state index in [0.717, 1.165) is 58.1 Å². The molecule has 36 heavy (non-hydrogen) atoms. The van der Waals surface area contributed by atoms with Crippen LogP contribution in [0.3, 0.4) is 0 Å². The summed E-state index contributed by atoms with van der Waals surface area (Å²) in [5.74, 6) is 0.141. The van der Waals surface area contributed by atoms with Crippen molar-refractivity contribution in [1.82, 2.24) is 10.3 Å². The molecule has 1 aromatic heterocycles. The van der Waals surface area contributed by atoms with Gasteiger partial charge in [0, 0.05) is 32.6 Å². The fourth-order valence-electron chi connectivity index (χ4n) is 5.25. The van der Waals surface area contributed by atoms with E-state index in [1.54, 1.807) is 0 Å². The van der Waals surface area contributed by atoms with Gasteiger partial charge in [-0.25, -0.2) is 4.98 Å². The highest BCUT2D eigenvalue weighted by Crippen LogP contribution is 2.48. The quantitative estimate of drug-likeness (QED) is 0.347. The number of fused-ring (bicyclic) bond motifs is 1. The van der Waals surface area contributed by atoms with Crippen molar-refractivity contribution in [3.8, 4) is 28.3 Å². The molecule has 1 atom stereocenters. The number of aromatic nitrogens is 1. The lowest BCUT2D eigenvalue weighted by Gasteiger charge is -2.44. The summed E-state index contributed by atoms with van der Waals surface area (Å²) >= 11 is 9.89. The predicted molar refractivity (Wildman–Crippen MR) is 146 cm³/mol. The van der Waals surface area contributed by atoms with E-state index in [2.05, 4.69) is 27.3 Å². The van der Waals surface area contributed by atoms with Crippen molar-refractivity contribution >= 4 is 33.4 Å². The average Bonchev–Trinajstić information content (AvgIpc) is 2.84. The van der Waals surface area contributed by atoms with Gasteiger partial charge in [0.05, 0.1) is 11.7 Å². The minimum atomic E-state index is -1.49. The monoisotopic (exact) mass is 568 g/mol. The highest BCUT2D eigenvalue weighted by molar-refractivity contribution is 9.10. The molecule has 1 aliphatic carbocycles. The van der Waals surface area contributed by atoms with Gasteiger partial charge in [0.2, 0.25) is 5.88 Å². The molecule has 5 nitrogen and oxygen atoms in total. The molecule has 2 N–H and O–H groups in total. The van der Waals surface area contributed by atoms with Crippen LogP contribution in [0.5, 0.6) is 5.88 Å². The Balaban J connectivity index is 1.70. The van der Waals surface area contributed by atoms with Gasteiger partial charge < -0.3 is 15.2 Å². The van der Waals surface area contributed by atoms with E-state index < -0.39 is 11.5 Å². The summed E-state index contributed by atoms with van der Waals surface area (Å²) in [4.78, 5) is 18.0. The Labute approximate surface area is 225 Å². The van der Waals surface area contributed by atoms with E-state index in [0.29, 0.717) is 17.3 Å². The van der Waals surface area contributed by atoms with Crippen LogP contribution in [0.2, 0.25) is 5.02 Å². The van der Waals surface area contributed by atoms with Gasteiger partial charge in [-0.1, -0.05) is 64.3 Å². The van der Waals surface area contributed by atoms with E-state index >= 15 is 0 Å². The van der Waals surface area contributed by atoms with E-state index in [1.165, 1.54) is 20.3 Å². The first-order valence-corrected chi connectivity index (χ1v) is 13.6. The smallest absolute Gasteiger partial charge is 0.251 e. The molecule has 1 spiro atoms. The van der Waals surface area contributed by atoms with E-state index in [4.69, 9.17) is 21.3 Å². The minimum Gasteiger partial charge on any atom is -0.471 e. The first-order valence-electron chi connectivity index (χ1n) is 12.4. The van der Waals surface area contributed by atoms with Crippen LogP contribution in [0.15, 0.2) is 59.1 Å². The Morgan fingerprint density at radius 1 is 1.11 bits per heavy atom. The van der Waals surface area contributed by atoms with Crippen LogP contribution in [-0.2, 0) is 4.79 Å². The van der Waals surface area contributed by atoms with E-state index in [9.17, 15) is 9.90 Å². The summed E-state index contributed by atoms with van der Waals surface area (Å²) < 4.78 is 7.64. The number of ether oxygens (including phenoxy) is 1. The summed E-state index contributed by atoms with van der Waals surface area (Å²) in [5.41, 5.74) is 2.60. The number of hydrogen-bond donors (Lipinski definition) is 2. The standard InChI is InChI=1S/C29H30BrClN2O3/c1-28(2,35)27(34)32-24-17-29(14-6-3-7-15-29)36-26-22(24)16-21(18-10-12-19(31)13-11-18)25(33-26)20-8-4-5-9-23(20)30/h4-5,8-13,16,24,35H,3,6-7,14-15,17H2,1-2H3,(H,32,34). The van der Waals surface area contributed by atoms with Gasteiger partial charge in [0.1, 0.15) is 11.2 Å². The Morgan fingerprint density at radius 3 is 2.47 bits per heavy atom. The lowest BCUT2D eigenvalue weighted by Crippen LogP contribution is -2.50. The first kappa shape index (κ1) is 25.2. The van der Waals surface area contributed by atoms with Crippen LogP contribution in [-0.4, -0.2) is 27.2 Å². The molecule has 1 unspecified atom stereocenters. The van der Waals surface area contributed by atoms with Crippen molar-refractivity contribution in [3.63, 3.8) is 0 Å². The highest BCUT2D eigenvalue weighted by Gasteiger charge is 2.44.